The third kappa shape index (κ3) is 2.20. The zero-order valence-corrected chi connectivity index (χ0v) is 13.0. The fraction of sp³-hybridized carbons (Fsp3) is 0.529. The minimum Gasteiger partial charge on any atom is -0.441 e. The van der Waals surface area contributed by atoms with Crippen LogP contribution in [0.15, 0.2) is 22.6 Å². The molecule has 2 unspecified atom stereocenters. The summed E-state index contributed by atoms with van der Waals surface area (Å²) in [4.78, 5) is 19.4. The summed E-state index contributed by atoms with van der Waals surface area (Å²) in [5.41, 5.74) is 2.13. The van der Waals surface area contributed by atoms with E-state index in [0.717, 1.165) is 11.1 Å². The molecule has 2 aromatic rings. The molecule has 1 aromatic carbocycles. The smallest absolute Gasteiger partial charge is 0.251 e. The Bertz CT molecular complexity index is 714. The molecule has 22 heavy (non-hydrogen) atoms. The average molecular weight is 299 g/mol. The standard InChI is InChI=1S/C17H21N3O2/c1-10-16(12-5-7-20(10)8-6-12)19-17(21)13-3-4-15-14(9-13)18-11(2)22-15/h3-4,9-10,12,16H,5-8H2,1-2H3,(H,19,21). The van der Waals surface area contributed by atoms with Gasteiger partial charge in [0, 0.05) is 24.6 Å². The quantitative estimate of drug-likeness (QED) is 0.925. The molecule has 5 nitrogen and oxygen atoms in total. The minimum atomic E-state index is -0.00634. The van der Waals surface area contributed by atoms with E-state index in [1.165, 1.54) is 25.9 Å². The molecule has 0 spiro atoms. The fourth-order valence-corrected chi connectivity index (χ4v) is 3.96. The first-order chi connectivity index (χ1) is 10.6. The number of aromatic nitrogens is 1. The van der Waals surface area contributed by atoms with E-state index >= 15 is 0 Å². The highest BCUT2D eigenvalue weighted by Crippen LogP contribution is 2.32. The molecular weight excluding hydrogens is 278 g/mol. The molecular formula is C17H21N3O2. The van der Waals surface area contributed by atoms with Crippen LogP contribution in [0, 0.1) is 12.8 Å². The molecule has 0 aliphatic carbocycles. The van der Waals surface area contributed by atoms with Gasteiger partial charge in [-0.2, -0.15) is 0 Å². The Hall–Kier alpha value is -1.88. The van der Waals surface area contributed by atoms with Crippen molar-refractivity contribution in [3.8, 4) is 0 Å². The van der Waals surface area contributed by atoms with Crippen molar-refractivity contribution in [2.75, 3.05) is 13.1 Å². The molecule has 4 heterocycles. The molecule has 0 radical (unpaired) electrons. The number of carbonyl (C=O) groups excluding carboxylic acids is 1. The van der Waals surface area contributed by atoms with E-state index in [1.54, 1.807) is 0 Å². The number of benzene rings is 1. The van der Waals surface area contributed by atoms with Crippen molar-refractivity contribution < 1.29 is 9.21 Å². The van der Waals surface area contributed by atoms with Crippen molar-refractivity contribution in [1.82, 2.24) is 15.2 Å². The molecule has 3 aliphatic heterocycles. The van der Waals surface area contributed by atoms with Gasteiger partial charge in [0.2, 0.25) is 0 Å². The van der Waals surface area contributed by atoms with Gasteiger partial charge in [0.1, 0.15) is 5.52 Å². The Kier molecular flexibility index (Phi) is 3.18. The van der Waals surface area contributed by atoms with E-state index in [2.05, 4.69) is 22.1 Å². The van der Waals surface area contributed by atoms with Crippen LogP contribution in [0.5, 0.6) is 0 Å². The lowest BCUT2D eigenvalue weighted by Crippen LogP contribution is -2.62. The first-order valence-corrected chi connectivity index (χ1v) is 8.04. The highest BCUT2D eigenvalue weighted by Gasteiger charge is 2.40. The zero-order valence-electron chi connectivity index (χ0n) is 13.0. The maximum atomic E-state index is 12.6. The van der Waals surface area contributed by atoms with Gasteiger partial charge in [-0.25, -0.2) is 4.98 Å². The summed E-state index contributed by atoms with van der Waals surface area (Å²) in [7, 11) is 0. The second-order valence-electron chi connectivity index (χ2n) is 6.53. The van der Waals surface area contributed by atoms with Gasteiger partial charge in [0.05, 0.1) is 0 Å². The SMILES string of the molecule is Cc1nc2cc(C(=O)NC3C4CCN(CC4)C3C)ccc2o1. The van der Waals surface area contributed by atoms with Crippen LogP contribution in [0.25, 0.3) is 11.1 Å². The Labute approximate surface area is 129 Å². The normalized spacial score (nSPS) is 30.6. The molecule has 116 valence electrons. The van der Waals surface area contributed by atoms with Gasteiger partial charge in [-0.15, -0.1) is 0 Å². The number of nitrogens with one attached hydrogen (secondary N) is 1. The summed E-state index contributed by atoms with van der Waals surface area (Å²) in [5.74, 6) is 1.23. The molecule has 1 aromatic heterocycles. The number of aryl methyl sites for hydroxylation is 1. The van der Waals surface area contributed by atoms with Crippen molar-refractivity contribution in [2.24, 2.45) is 5.92 Å². The Morgan fingerprint density at radius 2 is 2.14 bits per heavy atom. The number of rotatable bonds is 2. The van der Waals surface area contributed by atoms with Crippen molar-refractivity contribution in [2.45, 2.75) is 38.8 Å². The van der Waals surface area contributed by atoms with E-state index < -0.39 is 0 Å². The molecule has 1 N–H and O–H groups in total. The van der Waals surface area contributed by atoms with Crippen LogP contribution in [-0.4, -0.2) is 41.0 Å². The first kappa shape index (κ1) is 13.8. The summed E-state index contributed by atoms with van der Waals surface area (Å²) in [6.45, 7) is 6.37. The third-order valence-corrected chi connectivity index (χ3v) is 5.23. The second-order valence-corrected chi connectivity index (χ2v) is 6.53. The molecule has 1 amide bonds. The number of piperidine rings is 3. The summed E-state index contributed by atoms with van der Waals surface area (Å²) in [6, 6.07) is 6.13. The maximum Gasteiger partial charge on any atom is 0.251 e. The number of fused-ring (bicyclic) bond motifs is 4. The second kappa shape index (κ2) is 5.09. The molecule has 5 rings (SSSR count). The van der Waals surface area contributed by atoms with E-state index in [-0.39, 0.29) is 11.9 Å². The molecule has 3 aliphatic rings. The largest absolute Gasteiger partial charge is 0.441 e. The summed E-state index contributed by atoms with van der Waals surface area (Å²) < 4.78 is 5.46. The van der Waals surface area contributed by atoms with Gasteiger partial charge in [-0.05, 0) is 57.0 Å². The molecule has 5 heteroatoms. The van der Waals surface area contributed by atoms with Crippen LogP contribution in [-0.2, 0) is 0 Å². The van der Waals surface area contributed by atoms with Crippen molar-refractivity contribution in [1.29, 1.82) is 0 Å². The van der Waals surface area contributed by atoms with Crippen LogP contribution in [0.2, 0.25) is 0 Å². The first-order valence-electron chi connectivity index (χ1n) is 8.04. The van der Waals surface area contributed by atoms with Gasteiger partial charge >= 0.3 is 0 Å². The molecule has 0 saturated carbocycles. The average Bonchev–Trinajstić information content (AvgIpc) is 2.90. The molecule has 3 saturated heterocycles. The van der Waals surface area contributed by atoms with Crippen LogP contribution in [0.1, 0.15) is 36.0 Å². The van der Waals surface area contributed by atoms with E-state index in [9.17, 15) is 4.79 Å². The lowest BCUT2D eigenvalue weighted by Gasteiger charge is -2.49. The molecule has 2 bridgehead atoms. The zero-order chi connectivity index (χ0) is 15.3. The highest BCUT2D eigenvalue weighted by atomic mass is 16.3. The van der Waals surface area contributed by atoms with Crippen LogP contribution in [0.3, 0.4) is 0 Å². The summed E-state index contributed by atoms with van der Waals surface area (Å²) in [5, 5.41) is 3.25. The predicted octanol–water partition coefficient (Wildman–Crippen LogP) is 2.35. The Morgan fingerprint density at radius 3 is 2.86 bits per heavy atom. The number of hydrogen-bond acceptors (Lipinski definition) is 4. The van der Waals surface area contributed by atoms with Gasteiger partial charge in [0.25, 0.3) is 5.91 Å². The van der Waals surface area contributed by atoms with Gasteiger partial charge in [0.15, 0.2) is 11.5 Å². The number of oxazole rings is 1. The van der Waals surface area contributed by atoms with Gasteiger partial charge in [-0.3, -0.25) is 9.69 Å². The Morgan fingerprint density at radius 1 is 1.36 bits per heavy atom. The number of hydrogen-bond donors (Lipinski definition) is 1. The highest BCUT2D eigenvalue weighted by molar-refractivity contribution is 5.97. The molecule has 3 fully saturated rings. The van der Waals surface area contributed by atoms with Crippen molar-refractivity contribution >= 4 is 17.0 Å². The lowest BCUT2D eigenvalue weighted by atomic mass is 9.79. The number of carbonyl (C=O) groups is 1. The van der Waals surface area contributed by atoms with Crippen LogP contribution >= 0.6 is 0 Å². The monoisotopic (exact) mass is 299 g/mol. The number of nitrogens with zero attached hydrogens (tertiary/aromatic N) is 2. The van der Waals surface area contributed by atoms with E-state index in [4.69, 9.17) is 4.42 Å². The van der Waals surface area contributed by atoms with E-state index in [0.29, 0.717) is 23.4 Å². The predicted molar refractivity (Wildman–Crippen MR) is 83.8 cm³/mol. The minimum absolute atomic E-state index is 0.00634. The van der Waals surface area contributed by atoms with E-state index in [1.807, 2.05) is 25.1 Å². The fourth-order valence-electron chi connectivity index (χ4n) is 3.96. The topological polar surface area (TPSA) is 58.4 Å². The third-order valence-electron chi connectivity index (χ3n) is 5.23. The van der Waals surface area contributed by atoms with Crippen molar-refractivity contribution in [3.05, 3.63) is 29.7 Å². The van der Waals surface area contributed by atoms with Crippen LogP contribution in [0.4, 0.5) is 0 Å². The van der Waals surface area contributed by atoms with Crippen LogP contribution < -0.4 is 5.32 Å². The Balaban J connectivity index is 1.55. The number of amides is 1. The molecule has 2 atom stereocenters. The van der Waals surface area contributed by atoms with Gasteiger partial charge in [-0.1, -0.05) is 0 Å². The van der Waals surface area contributed by atoms with Gasteiger partial charge < -0.3 is 9.73 Å². The lowest BCUT2D eigenvalue weighted by molar-refractivity contribution is 0.0217. The maximum absolute atomic E-state index is 12.6. The van der Waals surface area contributed by atoms with Crippen molar-refractivity contribution in [3.63, 3.8) is 0 Å². The summed E-state index contributed by atoms with van der Waals surface area (Å²) >= 11 is 0. The summed E-state index contributed by atoms with van der Waals surface area (Å²) in [6.07, 6.45) is 2.38.